The van der Waals surface area contributed by atoms with Gasteiger partial charge in [0.05, 0.1) is 23.5 Å². The number of benzene rings is 1. The highest BCUT2D eigenvalue weighted by Crippen LogP contribution is 2.37. The fourth-order valence-corrected chi connectivity index (χ4v) is 4.94. The third kappa shape index (κ3) is 3.04. The van der Waals surface area contributed by atoms with Gasteiger partial charge in [0.2, 0.25) is 0 Å². The lowest BCUT2D eigenvalue weighted by atomic mass is 9.93. The predicted molar refractivity (Wildman–Crippen MR) is 108 cm³/mol. The molecule has 0 aliphatic carbocycles. The van der Waals surface area contributed by atoms with Crippen molar-refractivity contribution in [1.29, 1.82) is 0 Å². The zero-order valence-electron chi connectivity index (χ0n) is 15.1. The highest BCUT2D eigenvalue weighted by atomic mass is 32.1. The van der Waals surface area contributed by atoms with Crippen molar-refractivity contribution in [3.63, 3.8) is 0 Å². The van der Waals surface area contributed by atoms with Gasteiger partial charge in [-0.2, -0.15) is 5.10 Å². The molecule has 1 aromatic carbocycles. The number of fused-ring (bicyclic) bond motifs is 2. The Morgan fingerprint density at radius 1 is 1.15 bits per heavy atom. The molecule has 3 aromatic heterocycles. The SMILES string of the molecule is Cn1ncc2cc(-c3ccc4cc(C(O)C5CCOCC5)sc4n3)ccc21. The first-order valence-electron chi connectivity index (χ1n) is 9.27. The molecule has 0 saturated carbocycles. The first-order valence-corrected chi connectivity index (χ1v) is 10.1. The number of aliphatic hydroxyl groups excluding tert-OH is 1. The maximum atomic E-state index is 10.8. The Morgan fingerprint density at radius 2 is 2.00 bits per heavy atom. The molecule has 0 bridgehead atoms. The van der Waals surface area contributed by atoms with Gasteiger partial charge in [-0.3, -0.25) is 4.68 Å². The van der Waals surface area contributed by atoms with E-state index in [1.54, 1.807) is 11.3 Å². The fraction of sp³-hybridized carbons (Fsp3) is 0.333. The van der Waals surface area contributed by atoms with Crippen LogP contribution >= 0.6 is 11.3 Å². The van der Waals surface area contributed by atoms with E-state index in [1.165, 1.54) is 0 Å². The van der Waals surface area contributed by atoms with E-state index in [0.717, 1.165) is 63.3 Å². The summed E-state index contributed by atoms with van der Waals surface area (Å²) < 4.78 is 7.29. The molecule has 138 valence electrons. The first kappa shape index (κ1) is 16.9. The lowest BCUT2D eigenvalue weighted by molar-refractivity contribution is 0.00856. The summed E-state index contributed by atoms with van der Waals surface area (Å²) in [4.78, 5) is 6.84. The van der Waals surface area contributed by atoms with Crippen molar-refractivity contribution in [2.24, 2.45) is 13.0 Å². The summed E-state index contributed by atoms with van der Waals surface area (Å²) in [6.07, 6.45) is 3.28. The van der Waals surface area contributed by atoms with Crippen LogP contribution in [0.4, 0.5) is 0 Å². The second-order valence-corrected chi connectivity index (χ2v) is 8.24. The van der Waals surface area contributed by atoms with E-state index in [1.807, 2.05) is 17.9 Å². The minimum Gasteiger partial charge on any atom is -0.387 e. The van der Waals surface area contributed by atoms with Crippen LogP contribution in [0.1, 0.15) is 23.8 Å². The minimum atomic E-state index is -0.428. The summed E-state index contributed by atoms with van der Waals surface area (Å²) in [5.74, 6) is 0.277. The molecular weight excluding hydrogens is 358 g/mol. The van der Waals surface area contributed by atoms with Gasteiger partial charge < -0.3 is 9.84 Å². The molecule has 5 nitrogen and oxygen atoms in total. The largest absolute Gasteiger partial charge is 0.387 e. The van der Waals surface area contributed by atoms with Gasteiger partial charge in [-0.25, -0.2) is 4.98 Å². The Bertz CT molecular complexity index is 1110. The van der Waals surface area contributed by atoms with Crippen LogP contribution in [0.2, 0.25) is 0 Å². The Kier molecular flexibility index (Phi) is 4.19. The molecule has 1 aliphatic heterocycles. The van der Waals surface area contributed by atoms with Crippen molar-refractivity contribution in [1.82, 2.24) is 14.8 Å². The summed E-state index contributed by atoms with van der Waals surface area (Å²) in [5, 5.41) is 17.3. The van der Waals surface area contributed by atoms with Crippen LogP contribution in [-0.4, -0.2) is 33.1 Å². The number of hydrogen-bond acceptors (Lipinski definition) is 5. The molecule has 1 N–H and O–H groups in total. The van der Waals surface area contributed by atoms with Crippen LogP contribution in [0.25, 0.3) is 32.4 Å². The standard InChI is InChI=1S/C21H21N3O2S/c1-24-18-5-3-14(10-16(18)12-22-24)17-4-2-15-11-19(27-21(15)23-17)20(25)13-6-8-26-9-7-13/h2-5,10-13,20,25H,6-9H2,1H3. The molecule has 4 heterocycles. The molecule has 6 heteroatoms. The van der Waals surface area contributed by atoms with Crippen LogP contribution in [0.5, 0.6) is 0 Å². The molecule has 1 saturated heterocycles. The molecule has 0 amide bonds. The topological polar surface area (TPSA) is 60.2 Å². The molecule has 1 fully saturated rings. The Morgan fingerprint density at radius 3 is 2.85 bits per heavy atom. The minimum absolute atomic E-state index is 0.277. The van der Waals surface area contributed by atoms with Gasteiger partial charge in [-0.1, -0.05) is 6.07 Å². The first-order chi connectivity index (χ1) is 13.2. The fourth-order valence-electron chi connectivity index (χ4n) is 3.83. The van der Waals surface area contributed by atoms with E-state index < -0.39 is 6.10 Å². The monoisotopic (exact) mass is 379 g/mol. The summed E-state index contributed by atoms with van der Waals surface area (Å²) in [6.45, 7) is 1.48. The van der Waals surface area contributed by atoms with E-state index >= 15 is 0 Å². The summed E-state index contributed by atoms with van der Waals surface area (Å²) in [5.41, 5.74) is 3.14. The van der Waals surface area contributed by atoms with Gasteiger partial charge in [0.25, 0.3) is 0 Å². The zero-order chi connectivity index (χ0) is 18.4. The number of ether oxygens (including phenoxy) is 1. The molecule has 5 rings (SSSR count). The molecule has 4 aromatic rings. The van der Waals surface area contributed by atoms with Gasteiger partial charge in [0.1, 0.15) is 4.83 Å². The van der Waals surface area contributed by atoms with E-state index in [4.69, 9.17) is 9.72 Å². The third-order valence-electron chi connectivity index (χ3n) is 5.45. The zero-order valence-corrected chi connectivity index (χ0v) is 15.9. The quantitative estimate of drug-likeness (QED) is 0.576. The smallest absolute Gasteiger partial charge is 0.124 e. The van der Waals surface area contributed by atoms with Crippen LogP contribution < -0.4 is 0 Å². The second-order valence-electron chi connectivity index (χ2n) is 7.18. The lowest BCUT2D eigenvalue weighted by Gasteiger charge is -2.25. The highest BCUT2D eigenvalue weighted by molar-refractivity contribution is 7.18. The number of aromatic nitrogens is 3. The lowest BCUT2D eigenvalue weighted by Crippen LogP contribution is -2.21. The van der Waals surface area contributed by atoms with Gasteiger partial charge in [-0.05, 0) is 49.1 Å². The average Bonchev–Trinajstić information content (AvgIpc) is 3.31. The summed E-state index contributed by atoms with van der Waals surface area (Å²) >= 11 is 1.60. The number of nitrogens with zero attached hydrogens (tertiary/aromatic N) is 3. The van der Waals surface area contributed by atoms with Gasteiger partial charge in [0.15, 0.2) is 0 Å². The van der Waals surface area contributed by atoms with Crippen molar-refractivity contribution >= 4 is 32.5 Å². The third-order valence-corrected chi connectivity index (χ3v) is 6.56. The number of hydrogen-bond donors (Lipinski definition) is 1. The van der Waals surface area contributed by atoms with Crippen LogP contribution in [-0.2, 0) is 11.8 Å². The Balaban J connectivity index is 1.49. The van der Waals surface area contributed by atoms with Crippen LogP contribution in [0.3, 0.4) is 0 Å². The average molecular weight is 379 g/mol. The highest BCUT2D eigenvalue weighted by Gasteiger charge is 2.25. The maximum absolute atomic E-state index is 10.8. The van der Waals surface area contributed by atoms with E-state index in [0.29, 0.717) is 0 Å². The molecule has 0 spiro atoms. The predicted octanol–water partition coefficient (Wildman–Crippen LogP) is 4.31. The van der Waals surface area contributed by atoms with Gasteiger partial charge >= 0.3 is 0 Å². The van der Waals surface area contributed by atoms with Crippen molar-refractivity contribution in [2.75, 3.05) is 13.2 Å². The molecule has 1 aliphatic rings. The Labute approximate surface area is 161 Å². The summed E-state index contributed by atoms with van der Waals surface area (Å²) in [6, 6.07) is 12.5. The molecule has 1 unspecified atom stereocenters. The van der Waals surface area contributed by atoms with Crippen LogP contribution in [0.15, 0.2) is 42.6 Å². The van der Waals surface area contributed by atoms with E-state index in [-0.39, 0.29) is 5.92 Å². The molecule has 0 radical (unpaired) electrons. The van der Waals surface area contributed by atoms with Crippen molar-refractivity contribution in [2.45, 2.75) is 18.9 Å². The van der Waals surface area contributed by atoms with Gasteiger partial charge in [0, 0.05) is 41.5 Å². The maximum Gasteiger partial charge on any atom is 0.124 e. The number of rotatable bonds is 3. The number of aryl methyl sites for hydroxylation is 1. The van der Waals surface area contributed by atoms with Crippen molar-refractivity contribution in [3.8, 4) is 11.3 Å². The van der Waals surface area contributed by atoms with Crippen molar-refractivity contribution in [3.05, 3.63) is 47.5 Å². The Hall–Kier alpha value is -2.28. The number of pyridine rings is 1. The van der Waals surface area contributed by atoms with E-state index in [9.17, 15) is 5.11 Å². The molecule has 1 atom stereocenters. The van der Waals surface area contributed by atoms with Gasteiger partial charge in [-0.15, -0.1) is 11.3 Å². The van der Waals surface area contributed by atoms with Crippen LogP contribution in [0, 0.1) is 5.92 Å². The molecular formula is C21H21N3O2S. The number of thiophene rings is 1. The molecule has 27 heavy (non-hydrogen) atoms. The normalized spacial score (nSPS) is 17.0. The second kappa shape index (κ2) is 6.71. The van der Waals surface area contributed by atoms with Crippen molar-refractivity contribution < 1.29 is 9.84 Å². The van der Waals surface area contributed by atoms with E-state index in [2.05, 4.69) is 41.5 Å². The number of aliphatic hydroxyl groups is 1. The summed E-state index contributed by atoms with van der Waals surface area (Å²) in [7, 11) is 1.95.